The van der Waals surface area contributed by atoms with Gasteiger partial charge in [0.1, 0.15) is 0 Å². The molecule has 2 N–H and O–H groups in total. The van der Waals surface area contributed by atoms with Crippen molar-refractivity contribution in [2.24, 2.45) is 0 Å². The fourth-order valence-corrected chi connectivity index (χ4v) is 5.27. The molecule has 0 aromatic heterocycles. The quantitative estimate of drug-likeness (QED) is 0.509. The van der Waals surface area contributed by atoms with Gasteiger partial charge in [0.15, 0.2) is 0 Å². The highest BCUT2D eigenvalue weighted by molar-refractivity contribution is 7.89. The molecule has 1 aliphatic heterocycles. The standard InChI is InChI=1S/C21H21N3O4S/c25-21(22-26)17-8-10-18(11-9-17)23-12-14-24(15-13-23)29(27,28)20-7-3-5-16-4-1-2-6-19(16)20/h1-11,26H,12-15H2,(H,22,25). The average Bonchev–Trinajstić information content (AvgIpc) is 2.78. The second-order valence-electron chi connectivity index (χ2n) is 6.86. The van der Waals surface area contributed by atoms with Crippen molar-refractivity contribution in [1.82, 2.24) is 9.79 Å². The van der Waals surface area contributed by atoms with Crippen LogP contribution in [0.2, 0.25) is 0 Å². The molecule has 150 valence electrons. The molecule has 3 aromatic rings. The molecule has 0 aliphatic carbocycles. The molecule has 0 saturated carbocycles. The van der Waals surface area contributed by atoms with Crippen molar-refractivity contribution in [3.63, 3.8) is 0 Å². The van der Waals surface area contributed by atoms with E-state index in [0.29, 0.717) is 36.6 Å². The largest absolute Gasteiger partial charge is 0.369 e. The Morgan fingerprint density at radius 1 is 0.862 bits per heavy atom. The van der Waals surface area contributed by atoms with Gasteiger partial charge in [0.25, 0.3) is 5.91 Å². The third-order valence-electron chi connectivity index (χ3n) is 5.20. The Bertz CT molecular complexity index is 1130. The monoisotopic (exact) mass is 411 g/mol. The second kappa shape index (κ2) is 7.82. The van der Waals surface area contributed by atoms with Gasteiger partial charge in [-0.1, -0.05) is 36.4 Å². The highest BCUT2D eigenvalue weighted by Gasteiger charge is 2.29. The van der Waals surface area contributed by atoms with E-state index in [1.54, 1.807) is 41.9 Å². The van der Waals surface area contributed by atoms with Gasteiger partial charge in [0.2, 0.25) is 10.0 Å². The topological polar surface area (TPSA) is 89.9 Å². The van der Waals surface area contributed by atoms with E-state index in [1.807, 2.05) is 30.3 Å². The van der Waals surface area contributed by atoms with Crippen molar-refractivity contribution < 1.29 is 18.4 Å². The average molecular weight is 411 g/mol. The summed E-state index contributed by atoms with van der Waals surface area (Å²) in [5.74, 6) is -0.567. The van der Waals surface area contributed by atoms with Gasteiger partial charge in [-0.25, -0.2) is 13.9 Å². The van der Waals surface area contributed by atoms with E-state index in [9.17, 15) is 13.2 Å². The number of anilines is 1. The maximum absolute atomic E-state index is 13.2. The van der Waals surface area contributed by atoms with Crippen LogP contribution in [0.15, 0.2) is 71.6 Å². The normalized spacial score (nSPS) is 15.4. The van der Waals surface area contributed by atoms with Crippen molar-refractivity contribution in [2.75, 3.05) is 31.1 Å². The summed E-state index contributed by atoms with van der Waals surface area (Å²) in [5.41, 5.74) is 2.86. The van der Waals surface area contributed by atoms with Gasteiger partial charge in [0, 0.05) is 42.8 Å². The maximum atomic E-state index is 13.2. The van der Waals surface area contributed by atoms with E-state index in [0.717, 1.165) is 16.5 Å². The molecule has 0 unspecified atom stereocenters. The van der Waals surface area contributed by atoms with Gasteiger partial charge >= 0.3 is 0 Å². The Morgan fingerprint density at radius 3 is 2.21 bits per heavy atom. The molecule has 0 spiro atoms. The summed E-state index contributed by atoms with van der Waals surface area (Å²) in [6.07, 6.45) is 0. The smallest absolute Gasteiger partial charge is 0.274 e. The van der Waals surface area contributed by atoms with Crippen molar-refractivity contribution >= 4 is 32.4 Å². The van der Waals surface area contributed by atoms with Crippen LogP contribution in [0.1, 0.15) is 10.4 Å². The molecular formula is C21H21N3O4S. The molecule has 3 aromatic carbocycles. The third-order valence-corrected chi connectivity index (χ3v) is 7.16. The number of nitrogens with one attached hydrogen (secondary N) is 1. The SMILES string of the molecule is O=C(NO)c1ccc(N2CCN(S(=O)(=O)c3cccc4ccccc34)CC2)cc1. The van der Waals surface area contributed by atoms with Crippen LogP contribution in [0.5, 0.6) is 0 Å². The summed E-state index contributed by atoms with van der Waals surface area (Å²) < 4.78 is 28.0. The van der Waals surface area contributed by atoms with E-state index in [-0.39, 0.29) is 0 Å². The van der Waals surface area contributed by atoms with Crippen molar-refractivity contribution in [1.29, 1.82) is 0 Å². The molecule has 1 fully saturated rings. The molecule has 1 amide bonds. The number of carbonyl (C=O) groups excluding carboxylic acids is 1. The molecule has 1 aliphatic rings. The molecule has 4 rings (SSSR count). The highest BCUT2D eigenvalue weighted by atomic mass is 32.2. The van der Waals surface area contributed by atoms with E-state index in [2.05, 4.69) is 4.90 Å². The summed E-state index contributed by atoms with van der Waals surface area (Å²) in [4.78, 5) is 13.8. The van der Waals surface area contributed by atoms with Crippen LogP contribution < -0.4 is 10.4 Å². The Kier molecular flexibility index (Phi) is 5.23. The number of carbonyl (C=O) groups is 1. The highest BCUT2D eigenvalue weighted by Crippen LogP contribution is 2.27. The summed E-state index contributed by atoms with van der Waals surface area (Å²) in [5, 5.41) is 10.3. The number of sulfonamides is 1. The van der Waals surface area contributed by atoms with Crippen molar-refractivity contribution in [3.05, 3.63) is 72.3 Å². The number of hydrogen-bond acceptors (Lipinski definition) is 5. The van der Waals surface area contributed by atoms with Gasteiger partial charge < -0.3 is 4.90 Å². The Hall–Kier alpha value is -2.94. The fourth-order valence-electron chi connectivity index (χ4n) is 3.63. The number of rotatable bonds is 4. The van der Waals surface area contributed by atoms with Crippen molar-refractivity contribution in [2.45, 2.75) is 4.90 Å². The zero-order valence-corrected chi connectivity index (χ0v) is 16.5. The predicted octanol–water partition coefficient (Wildman–Crippen LogP) is 2.47. The molecule has 1 saturated heterocycles. The van der Waals surface area contributed by atoms with Gasteiger partial charge in [-0.05, 0) is 35.7 Å². The Balaban J connectivity index is 1.51. The number of hydrogen-bond donors (Lipinski definition) is 2. The molecule has 29 heavy (non-hydrogen) atoms. The number of amides is 1. The molecule has 0 atom stereocenters. The van der Waals surface area contributed by atoms with Crippen LogP contribution in [-0.4, -0.2) is 50.0 Å². The molecule has 0 radical (unpaired) electrons. The molecular weight excluding hydrogens is 390 g/mol. The number of hydroxylamine groups is 1. The maximum Gasteiger partial charge on any atom is 0.274 e. The van der Waals surface area contributed by atoms with Crippen molar-refractivity contribution in [3.8, 4) is 0 Å². The molecule has 1 heterocycles. The van der Waals surface area contributed by atoms with E-state index < -0.39 is 15.9 Å². The first-order valence-corrected chi connectivity index (χ1v) is 10.7. The lowest BCUT2D eigenvalue weighted by Crippen LogP contribution is -2.48. The third kappa shape index (κ3) is 3.69. The van der Waals surface area contributed by atoms with Gasteiger partial charge in [-0.15, -0.1) is 0 Å². The van der Waals surface area contributed by atoms with Gasteiger partial charge in [-0.3, -0.25) is 10.0 Å². The number of benzene rings is 3. The van der Waals surface area contributed by atoms with Crippen LogP contribution in [0.4, 0.5) is 5.69 Å². The van der Waals surface area contributed by atoms with Crippen LogP contribution in [0.25, 0.3) is 10.8 Å². The van der Waals surface area contributed by atoms with E-state index in [4.69, 9.17) is 5.21 Å². The number of nitrogens with zero attached hydrogens (tertiary/aromatic N) is 2. The van der Waals surface area contributed by atoms with E-state index >= 15 is 0 Å². The lowest BCUT2D eigenvalue weighted by atomic mass is 10.1. The lowest BCUT2D eigenvalue weighted by Gasteiger charge is -2.35. The van der Waals surface area contributed by atoms with E-state index in [1.165, 1.54) is 4.31 Å². The van der Waals surface area contributed by atoms with Crippen LogP contribution in [0.3, 0.4) is 0 Å². The minimum absolute atomic E-state index is 0.336. The predicted molar refractivity (Wildman–Crippen MR) is 111 cm³/mol. The zero-order chi connectivity index (χ0) is 20.4. The molecule has 7 nitrogen and oxygen atoms in total. The minimum Gasteiger partial charge on any atom is -0.369 e. The summed E-state index contributed by atoms with van der Waals surface area (Å²) in [6, 6.07) is 19.7. The fraction of sp³-hybridized carbons (Fsp3) is 0.190. The Labute approximate surface area is 169 Å². The molecule has 8 heteroatoms. The van der Waals surface area contributed by atoms with Gasteiger partial charge in [0.05, 0.1) is 4.90 Å². The Morgan fingerprint density at radius 2 is 1.52 bits per heavy atom. The summed E-state index contributed by atoms with van der Waals surface area (Å²) >= 11 is 0. The second-order valence-corrected chi connectivity index (χ2v) is 8.76. The zero-order valence-electron chi connectivity index (χ0n) is 15.7. The van der Waals surface area contributed by atoms with Gasteiger partial charge in [-0.2, -0.15) is 4.31 Å². The van der Waals surface area contributed by atoms with Crippen LogP contribution in [0, 0.1) is 0 Å². The summed E-state index contributed by atoms with van der Waals surface area (Å²) in [6.45, 7) is 1.86. The first kappa shape index (κ1) is 19.4. The number of piperazine rings is 1. The summed E-state index contributed by atoms with van der Waals surface area (Å²) in [7, 11) is -3.59. The van der Waals surface area contributed by atoms with Crippen LogP contribution >= 0.6 is 0 Å². The van der Waals surface area contributed by atoms with Crippen LogP contribution in [-0.2, 0) is 10.0 Å². The lowest BCUT2D eigenvalue weighted by molar-refractivity contribution is 0.0706. The first-order valence-electron chi connectivity index (χ1n) is 9.28. The molecule has 0 bridgehead atoms. The number of fused-ring (bicyclic) bond motifs is 1. The minimum atomic E-state index is -3.59. The first-order chi connectivity index (χ1) is 14.0.